The summed E-state index contributed by atoms with van der Waals surface area (Å²) < 4.78 is 0. The number of amides is 1. The Bertz CT molecular complexity index is 972. The molecule has 1 saturated heterocycles. The molecule has 1 aliphatic heterocycles. The summed E-state index contributed by atoms with van der Waals surface area (Å²) in [5.41, 5.74) is 1.80. The van der Waals surface area contributed by atoms with Crippen molar-refractivity contribution in [2.45, 2.75) is 12.3 Å². The molecule has 1 amide bonds. The van der Waals surface area contributed by atoms with Gasteiger partial charge in [-0.3, -0.25) is 19.6 Å². The lowest BCUT2D eigenvalue weighted by Gasteiger charge is -2.16. The summed E-state index contributed by atoms with van der Waals surface area (Å²) in [6, 6.07) is 8.56. The van der Waals surface area contributed by atoms with E-state index in [0.29, 0.717) is 30.2 Å². The molecule has 0 unspecified atom stereocenters. The molecule has 1 fully saturated rings. The Labute approximate surface area is 149 Å². The largest absolute Gasteiger partial charge is 0.338 e. The number of nitrogens with one attached hydrogen (secondary N) is 1. The molecule has 1 aliphatic rings. The van der Waals surface area contributed by atoms with E-state index in [2.05, 4.69) is 19.9 Å². The molecular weight excluding hydrogens is 330 g/mol. The second-order valence-electron chi connectivity index (χ2n) is 6.23. The number of aromatic nitrogens is 4. The molecule has 1 atom stereocenters. The van der Waals surface area contributed by atoms with Crippen LogP contribution in [0, 0.1) is 0 Å². The van der Waals surface area contributed by atoms with Gasteiger partial charge in [0.2, 0.25) is 0 Å². The zero-order chi connectivity index (χ0) is 17.9. The van der Waals surface area contributed by atoms with Gasteiger partial charge in [-0.2, -0.15) is 0 Å². The zero-order valence-corrected chi connectivity index (χ0v) is 14.0. The zero-order valence-electron chi connectivity index (χ0n) is 14.0. The van der Waals surface area contributed by atoms with Crippen LogP contribution in [0.4, 0.5) is 0 Å². The molecule has 0 radical (unpaired) electrons. The normalized spacial score (nSPS) is 16.6. The number of carbonyl (C=O) groups excluding carboxylic acids is 1. The number of likely N-dealkylation sites (tertiary alicyclic amines) is 1. The van der Waals surface area contributed by atoms with E-state index in [1.807, 2.05) is 12.1 Å². The molecule has 7 heteroatoms. The molecule has 0 spiro atoms. The predicted molar refractivity (Wildman–Crippen MR) is 95.6 cm³/mol. The molecule has 3 aromatic rings. The molecule has 3 aromatic heterocycles. The molecule has 0 aromatic carbocycles. The molecule has 4 rings (SSSR count). The minimum absolute atomic E-state index is 0.00473. The van der Waals surface area contributed by atoms with Crippen LogP contribution in [0.5, 0.6) is 0 Å². The van der Waals surface area contributed by atoms with Crippen molar-refractivity contribution < 1.29 is 4.79 Å². The summed E-state index contributed by atoms with van der Waals surface area (Å²) in [5, 5.41) is 0. The lowest BCUT2D eigenvalue weighted by Crippen LogP contribution is -2.28. The number of hydrogen-bond donors (Lipinski definition) is 1. The van der Waals surface area contributed by atoms with Gasteiger partial charge in [0, 0.05) is 61.0 Å². The number of H-pyrrole nitrogens is 1. The molecule has 26 heavy (non-hydrogen) atoms. The fraction of sp³-hybridized carbons (Fsp3) is 0.211. The van der Waals surface area contributed by atoms with E-state index in [1.165, 1.54) is 6.07 Å². The summed E-state index contributed by atoms with van der Waals surface area (Å²) in [4.78, 5) is 41.9. The van der Waals surface area contributed by atoms with Crippen molar-refractivity contribution in [3.63, 3.8) is 0 Å². The lowest BCUT2D eigenvalue weighted by molar-refractivity contribution is 0.0790. The molecule has 130 valence electrons. The van der Waals surface area contributed by atoms with Gasteiger partial charge < -0.3 is 9.88 Å². The number of hydrogen-bond acceptors (Lipinski definition) is 5. The van der Waals surface area contributed by atoms with Crippen molar-refractivity contribution in [3.05, 3.63) is 76.9 Å². The van der Waals surface area contributed by atoms with Crippen molar-refractivity contribution in [2.75, 3.05) is 13.1 Å². The maximum absolute atomic E-state index is 12.6. The van der Waals surface area contributed by atoms with Crippen LogP contribution in [-0.4, -0.2) is 43.8 Å². The van der Waals surface area contributed by atoms with E-state index < -0.39 is 0 Å². The van der Waals surface area contributed by atoms with Crippen LogP contribution in [0.1, 0.15) is 28.5 Å². The van der Waals surface area contributed by atoms with Crippen LogP contribution >= 0.6 is 0 Å². The molecule has 0 bridgehead atoms. The van der Waals surface area contributed by atoms with Crippen LogP contribution in [0.25, 0.3) is 11.3 Å². The van der Waals surface area contributed by atoms with E-state index in [0.717, 1.165) is 12.0 Å². The van der Waals surface area contributed by atoms with Crippen LogP contribution in [0.15, 0.2) is 59.9 Å². The maximum atomic E-state index is 12.6. The standard InChI is InChI=1S/C19H17N5O2/c25-17-10-16(14-2-1-6-21-11-14)22-18(23-17)15-5-9-24(12-15)19(26)13-3-7-20-8-4-13/h1-4,6-8,10-11,15H,5,9,12H2,(H,22,23,25)/t15-/m0/s1. The number of carbonyl (C=O) groups is 1. The minimum Gasteiger partial charge on any atom is -0.338 e. The van der Waals surface area contributed by atoms with Crippen LogP contribution in [0.2, 0.25) is 0 Å². The fourth-order valence-corrected chi connectivity index (χ4v) is 3.18. The third-order valence-electron chi connectivity index (χ3n) is 4.51. The molecule has 0 aliphatic carbocycles. The number of aromatic amines is 1. The van der Waals surface area contributed by atoms with Gasteiger partial charge in [0.1, 0.15) is 5.82 Å². The van der Waals surface area contributed by atoms with Gasteiger partial charge in [0.25, 0.3) is 11.5 Å². The highest BCUT2D eigenvalue weighted by atomic mass is 16.2. The molecule has 0 saturated carbocycles. The number of nitrogens with zero attached hydrogens (tertiary/aromatic N) is 4. The first-order valence-corrected chi connectivity index (χ1v) is 8.41. The van der Waals surface area contributed by atoms with Gasteiger partial charge in [-0.1, -0.05) is 0 Å². The van der Waals surface area contributed by atoms with Crippen LogP contribution in [-0.2, 0) is 0 Å². The topological polar surface area (TPSA) is 91.8 Å². The van der Waals surface area contributed by atoms with E-state index in [9.17, 15) is 9.59 Å². The maximum Gasteiger partial charge on any atom is 0.253 e. The van der Waals surface area contributed by atoms with Gasteiger partial charge in [0.05, 0.1) is 5.69 Å². The average Bonchev–Trinajstić information content (AvgIpc) is 3.18. The highest BCUT2D eigenvalue weighted by molar-refractivity contribution is 5.94. The van der Waals surface area contributed by atoms with Crippen molar-refractivity contribution in [2.24, 2.45) is 0 Å². The highest BCUT2D eigenvalue weighted by Gasteiger charge is 2.29. The highest BCUT2D eigenvalue weighted by Crippen LogP contribution is 2.26. The van der Waals surface area contributed by atoms with Crippen molar-refractivity contribution in [1.29, 1.82) is 0 Å². The van der Waals surface area contributed by atoms with Gasteiger partial charge >= 0.3 is 0 Å². The SMILES string of the molecule is O=C(c1ccncc1)N1CC[C@H](c2nc(-c3cccnc3)cc(=O)[nH]2)C1. The van der Waals surface area contributed by atoms with Crippen molar-refractivity contribution in [1.82, 2.24) is 24.8 Å². The predicted octanol–water partition coefficient (Wildman–Crippen LogP) is 1.86. The Balaban J connectivity index is 1.57. The first-order chi connectivity index (χ1) is 12.7. The first kappa shape index (κ1) is 16.1. The quantitative estimate of drug-likeness (QED) is 0.781. The summed E-state index contributed by atoms with van der Waals surface area (Å²) >= 11 is 0. The summed E-state index contributed by atoms with van der Waals surface area (Å²) in [7, 11) is 0. The first-order valence-electron chi connectivity index (χ1n) is 8.41. The molecule has 7 nitrogen and oxygen atoms in total. The summed E-state index contributed by atoms with van der Waals surface area (Å²) in [5.74, 6) is 0.590. The molecule has 4 heterocycles. The fourth-order valence-electron chi connectivity index (χ4n) is 3.18. The Morgan fingerprint density at radius 3 is 2.77 bits per heavy atom. The third-order valence-corrected chi connectivity index (χ3v) is 4.51. The second-order valence-corrected chi connectivity index (χ2v) is 6.23. The summed E-state index contributed by atoms with van der Waals surface area (Å²) in [6.45, 7) is 1.16. The van der Waals surface area contributed by atoms with Crippen LogP contribution in [0.3, 0.4) is 0 Å². The van der Waals surface area contributed by atoms with Crippen LogP contribution < -0.4 is 5.56 Å². The van der Waals surface area contributed by atoms with Gasteiger partial charge in [-0.05, 0) is 30.7 Å². The Morgan fingerprint density at radius 1 is 1.15 bits per heavy atom. The van der Waals surface area contributed by atoms with E-state index >= 15 is 0 Å². The monoisotopic (exact) mass is 347 g/mol. The molecular formula is C19H17N5O2. The smallest absolute Gasteiger partial charge is 0.253 e. The van der Waals surface area contributed by atoms with E-state index in [4.69, 9.17) is 0 Å². The minimum atomic E-state index is -0.201. The number of pyridine rings is 2. The van der Waals surface area contributed by atoms with Crippen molar-refractivity contribution in [3.8, 4) is 11.3 Å². The van der Waals surface area contributed by atoms with E-state index in [-0.39, 0.29) is 17.4 Å². The number of rotatable bonds is 3. The lowest BCUT2D eigenvalue weighted by atomic mass is 10.1. The Morgan fingerprint density at radius 2 is 2.00 bits per heavy atom. The van der Waals surface area contributed by atoms with Gasteiger partial charge in [-0.15, -0.1) is 0 Å². The third kappa shape index (κ3) is 3.23. The molecule has 1 N–H and O–H groups in total. The average molecular weight is 347 g/mol. The van der Waals surface area contributed by atoms with E-state index in [1.54, 1.807) is 41.8 Å². The Hall–Kier alpha value is -3.35. The second kappa shape index (κ2) is 6.87. The van der Waals surface area contributed by atoms with Crippen molar-refractivity contribution >= 4 is 5.91 Å². The van der Waals surface area contributed by atoms with Gasteiger partial charge in [0.15, 0.2) is 0 Å². The van der Waals surface area contributed by atoms with Gasteiger partial charge in [-0.25, -0.2) is 4.98 Å². The Kier molecular flexibility index (Phi) is 4.27. The summed E-state index contributed by atoms with van der Waals surface area (Å²) in [6.07, 6.45) is 7.33.